The molecule has 9 nitrogen and oxygen atoms in total. The van der Waals surface area contributed by atoms with Crippen molar-refractivity contribution in [3.8, 4) is 5.75 Å². The molecule has 1 saturated carbocycles. The molecule has 2 fully saturated rings. The molecule has 2 aromatic carbocycles. The molecule has 38 heavy (non-hydrogen) atoms. The Balaban J connectivity index is 1.35. The van der Waals surface area contributed by atoms with Crippen LogP contribution in [0, 0.1) is 0 Å². The zero-order chi connectivity index (χ0) is 27.3. The predicted molar refractivity (Wildman–Crippen MR) is 130 cm³/mol. The molecule has 2 aliphatic rings. The Morgan fingerprint density at radius 2 is 1.68 bits per heavy atom. The van der Waals surface area contributed by atoms with Crippen LogP contribution in [0.1, 0.15) is 18.4 Å². The van der Waals surface area contributed by atoms with Crippen LogP contribution < -0.4 is 14.4 Å². The zero-order valence-corrected chi connectivity index (χ0v) is 20.8. The third-order valence-corrected chi connectivity index (χ3v) is 7.74. The van der Waals surface area contributed by atoms with Crippen molar-refractivity contribution in [3.63, 3.8) is 0 Å². The van der Waals surface area contributed by atoms with Gasteiger partial charge < -0.3 is 9.64 Å². The van der Waals surface area contributed by atoms with E-state index in [1.807, 2.05) is 0 Å². The number of aromatic nitrogens is 1. The number of pyridine rings is 1. The van der Waals surface area contributed by atoms with E-state index in [9.17, 15) is 31.2 Å². The lowest BCUT2D eigenvalue weighted by molar-refractivity contribution is -0.274. The van der Waals surface area contributed by atoms with Crippen molar-refractivity contribution in [3.05, 3.63) is 77.4 Å². The van der Waals surface area contributed by atoms with Crippen LogP contribution in [-0.2, 0) is 21.4 Å². The molecule has 3 aromatic rings. The number of alkyl halides is 3. The van der Waals surface area contributed by atoms with Gasteiger partial charge in [-0.05, 0) is 79.1 Å². The number of nitrogens with one attached hydrogen (secondary N) is 1. The number of ether oxygens (including phenoxy) is 1. The number of urea groups is 1. The number of amides is 3. The molecule has 2 heterocycles. The summed E-state index contributed by atoms with van der Waals surface area (Å²) in [5.74, 6) is -0.953. The van der Waals surface area contributed by atoms with Crippen LogP contribution in [0.3, 0.4) is 0 Å². The predicted octanol–water partition coefficient (Wildman–Crippen LogP) is 4.94. The number of benzene rings is 2. The van der Waals surface area contributed by atoms with E-state index in [-0.39, 0.29) is 22.9 Å². The zero-order valence-electron chi connectivity index (χ0n) is 19.3. The smallest absolute Gasteiger partial charge is 0.406 e. The van der Waals surface area contributed by atoms with Gasteiger partial charge in [0.05, 0.1) is 10.6 Å². The van der Waals surface area contributed by atoms with E-state index in [4.69, 9.17) is 11.6 Å². The molecule has 198 valence electrons. The van der Waals surface area contributed by atoms with Crippen molar-refractivity contribution in [1.82, 2.24) is 9.88 Å². The van der Waals surface area contributed by atoms with Crippen LogP contribution in [0.4, 0.5) is 29.5 Å². The minimum atomic E-state index is -4.87. The summed E-state index contributed by atoms with van der Waals surface area (Å²) >= 11 is 5.82. The van der Waals surface area contributed by atoms with Gasteiger partial charge in [-0.25, -0.2) is 23.1 Å². The fourth-order valence-electron chi connectivity index (χ4n) is 4.18. The molecule has 1 N–H and O–H groups in total. The van der Waals surface area contributed by atoms with Crippen LogP contribution in [0.5, 0.6) is 5.75 Å². The lowest BCUT2D eigenvalue weighted by atomic mass is 10.2. The molecule has 0 radical (unpaired) electrons. The molecular weight excluding hydrogens is 549 g/mol. The Morgan fingerprint density at radius 1 is 1.03 bits per heavy atom. The molecule has 1 aliphatic carbocycles. The highest BCUT2D eigenvalue weighted by atomic mass is 35.5. The van der Waals surface area contributed by atoms with Gasteiger partial charge in [0.25, 0.3) is 15.9 Å². The molecular formula is C24H18ClF3N4O5S. The molecule has 0 unspecified atom stereocenters. The third-order valence-electron chi connectivity index (χ3n) is 6.12. The monoisotopic (exact) mass is 566 g/mol. The van der Waals surface area contributed by atoms with Gasteiger partial charge in [-0.3, -0.25) is 9.52 Å². The number of carbonyl (C=O) groups is 2. The van der Waals surface area contributed by atoms with Crippen molar-refractivity contribution in [2.75, 3.05) is 9.62 Å². The summed E-state index contributed by atoms with van der Waals surface area (Å²) in [4.78, 5) is 32.8. The summed E-state index contributed by atoms with van der Waals surface area (Å²) in [5, 5.41) is 0.377. The fraction of sp³-hybridized carbons (Fsp3) is 0.208. The number of rotatable bonds is 7. The Labute approximate surface area is 219 Å². The Morgan fingerprint density at radius 3 is 2.29 bits per heavy atom. The highest BCUT2D eigenvalue weighted by Crippen LogP contribution is 2.49. The summed E-state index contributed by atoms with van der Waals surface area (Å²) in [6, 6.07) is 12.4. The van der Waals surface area contributed by atoms with E-state index < -0.39 is 39.6 Å². The van der Waals surface area contributed by atoms with E-state index in [0.717, 1.165) is 17.0 Å². The number of sulfonamides is 1. The highest BCUT2D eigenvalue weighted by Gasteiger charge is 2.65. The van der Waals surface area contributed by atoms with E-state index in [1.165, 1.54) is 53.6 Å². The van der Waals surface area contributed by atoms with Crippen molar-refractivity contribution in [1.29, 1.82) is 0 Å². The minimum absolute atomic E-state index is 0.0115. The number of hydrogen-bond donors (Lipinski definition) is 1. The number of imide groups is 1. The first-order valence-electron chi connectivity index (χ1n) is 11.1. The largest absolute Gasteiger partial charge is 0.573 e. The van der Waals surface area contributed by atoms with Crippen molar-refractivity contribution >= 4 is 45.1 Å². The standard InChI is InChI=1S/C24H18ClF3N4O5S/c25-16-1-7-19(8-2-16)38(35,36)30-20-13-15(9-12-29-20)14-31-22(34)32(21(33)23(31)10-11-23)17-3-5-18(6-4-17)37-24(26,27)28/h1-9,12-13H,10-11,14H2,(H,29,30). The summed E-state index contributed by atoms with van der Waals surface area (Å²) in [5.41, 5.74) is -0.448. The van der Waals surface area contributed by atoms with Crippen LogP contribution in [0.25, 0.3) is 0 Å². The average molecular weight is 567 g/mol. The van der Waals surface area contributed by atoms with Gasteiger partial charge in [0.15, 0.2) is 0 Å². The van der Waals surface area contributed by atoms with Gasteiger partial charge in [-0.15, -0.1) is 13.2 Å². The van der Waals surface area contributed by atoms with E-state index >= 15 is 0 Å². The molecule has 0 bridgehead atoms. The maximum Gasteiger partial charge on any atom is 0.573 e. The summed E-state index contributed by atoms with van der Waals surface area (Å²) in [6.07, 6.45) is -2.66. The molecule has 1 aliphatic heterocycles. The van der Waals surface area contributed by atoms with Crippen LogP contribution in [0.2, 0.25) is 5.02 Å². The third kappa shape index (κ3) is 4.98. The number of anilines is 2. The maximum atomic E-state index is 13.3. The Hall–Kier alpha value is -3.84. The van der Waals surface area contributed by atoms with E-state index in [1.54, 1.807) is 6.07 Å². The SMILES string of the molecule is O=C1N(c2ccc(OC(F)(F)F)cc2)C(=O)C2(CC2)N1Cc1ccnc(NS(=O)(=O)c2ccc(Cl)cc2)c1. The van der Waals surface area contributed by atoms with Gasteiger partial charge in [-0.2, -0.15) is 0 Å². The average Bonchev–Trinajstić information content (AvgIpc) is 3.61. The summed E-state index contributed by atoms with van der Waals surface area (Å²) in [7, 11) is -3.96. The molecule has 5 rings (SSSR count). The molecule has 1 saturated heterocycles. The lowest BCUT2D eigenvalue weighted by Crippen LogP contribution is -2.36. The quantitative estimate of drug-likeness (QED) is 0.406. The molecule has 14 heteroatoms. The van der Waals surface area contributed by atoms with Crippen molar-refractivity contribution in [2.24, 2.45) is 0 Å². The maximum absolute atomic E-state index is 13.3. The molecule has 3 amide bonds. The van der Waals surface area contributed by atoms with Crippen LogP contribution in [0.15, 0.2) is 71.8 Å². The topological polar surface area (TPSA) is 109 Å². The van der Waals surface area contributed by atoms with Crippen molar-refractivity contribution in [2.45, 2.75) is 36.2 Å². The van der Waals surface area contributed by atoms with Gasteiger partial charge in [0, 0.05) is 17.8 Å². The van der Waals surface area contributed by atoms with Crippen molar-refractivity contribution < 1.29 is 35.9 Å². The van der Waals surface area contributed by atoms with E-state index in [2.05, 4.69) is 14.4 Å². The highest BCUT2D eigenvalue weighted by molar-refractivity contribution is 7.92. The second kappa shape index (κ2) is 9.17. The number of nitrogens with zero attached hydrogens (tertiary/aromatic N) is 3. The minimum Gasteiger partial charge on any atom is -0.406 e. The summed E-state index contributed by atoms with van der Waals surface area (Å²) < 4.78 is 69.0. The van der Waals surface area contributed by atoms with Crippen LogP contribution in [-0.4, -0.2) is 42.1 Å². The molecule has 1 aromatic heterocycles. The van der Waals surface area contributed by atoms with Gasteiger partial charge >= 0.3 is 12.4 Å². The fourth-order valence-corrected chi connectivity index (χ4v) is 5.31. The number of carbonyl (C=O) groups excluding carboxylic acids is 2. The molecule has 0 atom stereocenters. The Kier molecular flexibility index (Phi) is 6.22. The molecule has 1 spiro atoms. The first-order chi connectivity index (χ1) is 17.9. The van der Waals surface area contributed by atoms with E-state index in [0.29, 0.717) is 23.4 Å². The number of hydrogen-bond acceptors (Lipinski definition) is 6. The van der Waals surface area contributed by atoms with Gasteiger partial charge in [0.1, 0.15) is 17.1 Å². The normalized spacial score (nSPS) is 16.7. The second-order valence-corrected chi connectivity index (χ2v) is 10.8. The Bertz CT molecular complexity index is 1510. The van der Waals surface area contributed by atoms with Gasteiger partial charge in [0.2, 0.25) is 0 Å². The number of halogens is 4. The summed E-state index contributed by atoms with van der Waals surface area (Å²) in [6.45, 7) is -0.0193. The van der Waals surface area contributed by atoms with Crippen LogP contribution >= 0.6 is 11.6 Å². The lowest BCUT2D eigenvalue weighted by Gasteiger charge is -2.21. The first-order valence-corrected chi connectivity index (χ1v) is 13.0. The second-order valence-electron chi connectivity index (χ2n) is 8.69. The van der Waals surface area contributed by atoms with Gasteiger partial charge in [-0.1, -0.05) is 11.6 Å². The first kappa shape index (κ1) is 25.8.